The Morgan fingerprint density at radius 2 is 1.94 bits per heavy atom. The Hall–Kier alpha value is -0.820. The Morgan fingerprint density at radius 3 is 2.44 bits per heavy atom. The van der Waals surface area contributed by atoms with E-state index in [-0.39, 0.29) is 0 Å². The lowest BCUT2D eigenvalue weighted by Crippen LogP contribution is -2.53. The monoisotopic (exact) mass is 243 g/mol. The molecule has 3 rings (SSSR count). The zero-order valence-electron chi connectivity index (χ0n) is 11.5. The molecule has 0 aliphatic heterocycles. The van der Waals surface area contributed by atoms with Crippen LogP contribution in [0.2, 0.25) is 0 Å². The highest BCUT2D eigenvalue weighted by molar-refractivity contribution is 5.30. The lowest BCUT2D eigenvalue weighted by molar-refractivity contribution is 0.158. The SMILES string of the molecule is CCNC(CC1CC1)C1(c2ccccc2)CCC1. The third-order valence-corrected chi connectivity index (χ3v) is 4.98. The van der Waals surface area contributed by atoms with Crippen molar-refractivity contribution in [3.8, 4) is 0 Å². The summed E-state index contributed by atoms with van der Waals surface area (Å²) in [5, 5.41) is 3.80. The molecular formula is C17H25N. The van der Waals surface area contributed by atoms with Gasteiger partial charge < -0.3 is 5.32 Å². The molecule has 1 unspecified atom stereocenters. The molecule has 1 nitrogen and oxygen atoms in total. The second-order valence-electron chi connectivity index (χ2n) is 6.17. The first-order valence-corrected chi connectivity index (χ1v) is 7.64. The van der Waals surface area contributed by atoms with Crippen LogP contribution in [0.3, 0.4) is 0 Å². The van der Waals surface area contributed by atoms with E-state index in [1.807, 2.05) is 0 Å². The molecule has 0 amide bonds. The topological polar surface area (TPSA) is 12.0 Å². The fourth-order valence-electron chi connectivity index (χ4n) is 3.60. The van der Waals surface area contributed by atoms with Gasteiger partial charge in [-0.2, -0.15) is 0 Å². The minimum Gasteiger partial charge on any atom is -0.313 e. The van der Waals surface area contributed by atoms with Crippen LogP contribution in [0.15, 0.2) is 30.3 Å². The van der Waals surface area contributed by atoms with Crippen LogP contribution >= 0.6 is 0 Å². The van der Waals surface area contributed by atoms with E-state index in [1.165, 1.54) is 38.5 Å². The van der Waals surface area contributed by atoms with Crippen molar-refractivity contribution in [2.75, 3.05) is 6.54 Å². The van der Waals surface area contributed by atoms with Crippen molar-refractivity contribution >= 4 is 0 Å². The Kier molecular flexibility index (Phi) is 3.43. The minimum absolute atomic E-state index is 0.444. The van der Waals surface area contributed by atoms with Crippen molar-refractivity contribution < 1.29 is 0 Å². The number of hydrogen-bond acceptors (Lipinski definition) is 1. The summed E-state index contributed by atoms with van der Waals surface area (Å²) in [4.78, 5) is 0. The van der Waals surface area contributed by atoms with Crippen molar-refractivity contribution in [3.63, 3.8) is 0 Å². The highest BCUT2D eigenvalue weighted by Gasteiger charge is 2.46. The fourth-order valence-corrected chi connectivity index (χ4v) is 3.60. The maximum atomic E-state index is 3.80. The van der Waals surface area contributed by atoms with Gasteiger partial charge >= 0.3 is 0 Å². The molecule has 0 bridgehead atoms. The Labute approximate surface area is 111 Å². The molecule has 1 N–H and O–H groups in total. The summed E-state index contributed by atoms with van der Waals surface area (Å²) in [5.41, 5.74) is 2.02. The molecule has 0 saturated heterocycles. The molecule has 2 fully saturated rings. The van der Waals surface area contributed by atoms with Crippen LogP contribution in [0.25, 0.3) is 0 Å². The Balaban J connectivity index is 1.83. The molecule has 2 aliphatic rings. The highest BCUT2D eigenvalue weighted by Crippen LogP contribution is 2.49. The van der Waals surface area contributed by atoms with Gasteiger partial charge in [0, 0.05) is 11.5 Å². The smallest absolute Gasteiger partial charge is 0.0166 e. The summed E-state index contributed by atoms with van der Waals surface area (Å²) in [7, 11) is 0. The summed E-state index contributed by atoms with van der Waals surface area (Å²) >= 11 is 0. The van der Waals surface area contributed by atoms with Crippen LogP contribution in [-0.4, -0.2) is 12.6 Å². The van der Waals surface area contributed by atoms with Gasteiger partial charge in [-0.25, -0.2) is 0 Å². The van der Waals surface area contributed by atoms with Crippen LogP contribution in [-0.2, 0) is 5.41 Å². The van der Waals surface area contributed by atoms with E-state index >= 15 is 0 Å². The summed E-state index contributed by atoms with van der Waals surface area (Å²) in [6.45, 7) is 3.35. The second kappa shape index (κ2) is 5.05. The van der Waals surface area contributed by atoms with Gasteiger partial charge in [0.05, 0.1) is 0 Å². The average Bonchev–Trinajstić information content (AvgIpc) is 3.13. The van der Waals surface area contributed by atoms with E-state index in [1.54, 1.807) is 5.56 Å². The summed E-state index contributed by atoms with van der Waals surface area (Å²) in [6.07, 6.45) is 8.48. The quantitative estimate of drug-likeness (QED) is 0.799. The van der Waals surface area contributed by atoms with Crippen molar-refractivity contribution in [3.05, 3.63) is 35.9 Å². The molecule has 0 heterocycles. The third kappa shape index (κ3) is 2.21. The molecule has 0 aromatic heterocycles. The van der Waals surface area contributed by atoms with Gasteiger partial charge in [0.1, 0.15) is 0 Å². The normalized spacial score (nSPS) is 23.4. The number of likely N-dealkylation sites (N-methyl/N-ethyl adjacent to an activating group) is 1. The van der Waals surface area contributed by atoms with Crippen molar-refractivity contribution in [2.24, 2.45) is 5.92 Å². The van der Waals surface area contributed by atoms with Crippen molar-refractivity contribution in [1.29, 1.82) is 0 Å². The van der Waals surface area contributed by atoms with E-state index < -0.39 is 0 Å². The van der Waals surface area contributed by atoms with Crippen LogP contribution in [0.4, 0.5) is 0 Å². The van der Waals surface area contributed by atoms with Crippen LogP contribution in [0.5, 0.6) is 0 Å². The van der Waals surface area contributed by atoms with E-state index in [4.69, 9.17) is 0 Å². The zero-order chi connectivity index (χ0) is 12.4. The lowest BCUT2D eigenvalue weighted by Gasteiger charge is -2.49. The Morgan fingerprint density at radius 1 is 1.22 bits per heavy atom. The predicted octanol–water partition coefficient (Wildman–Crippen LogP) is 3.89. The Bertz CT molecular complexity index is 376. The van der Waals surface area contributed by atoms with Gasteiger partial charge in [0.15, 0.2) is 0 Å². The largest absolute Gasteiger partial charge is 0.313 e. The molecule has 2 saturated carbocycles. The molecule has 0 spiro atoms. The number of hydrogen-bond donors (Lipinski definition) is 1. The van der Waals surface area contributed by atoms with Gasteiger partial charge in [-0.05, 0) is 37.3 Å². The molecule has 18 heavy (non-hydrogen) atoms. The number of nitrogens with one attached hydrogen (secondary N) is 1. The lowest BCUT2D eigenvalue weighted by atomic mass is 9.59. The van der Waals surface area contributed by atoms with Gasteiger partial charge in [0.2, 0.25) is 0 Å². The molecular weight excluding hydrogens is 218 g/mol. The van der Waals surface area contributed by atoms with Crippen LogP contribution < -0.4 is 5.32 Å². The molecule has 1 aromatic carbocycles. The van der Waals surface area contributed by atoms with Crippen molar-refractivity contribution in [2.45, 2.75) is 56.9 Å². The third-order valence-electron chi connectivity index (χ3n) is 4.98. The summed E-state index contributed by atoms with van der Waals surface area (Å²) in [6, 6.07) is 11.9. The van der Waals surface area contributed by atoms with E-state index in [9.17, 15) is 0 Å². The molecule has 1 atom stereocenters. The number of rotatable bonds is 6. The van der Waals surface area contributed by atoms with E-state index in [0.29, 0.717) is 11.5 Å². The molecule has 2 aliphatic carbocycles. The van der Waals surface area contributed by atoms with Crippen molar-refractivity contribution in [1.82, 2.24) is 5.32 Å². The highest BCUT2D eigenvalue weighted by atomic mass is 14.9. The second-order valence-corrected chi connectivity index (χ2v) is 6.17. The van der Waals surface area contributed by atoms with Gasteiger partial charge in [-0.15, -0.1) is 0 Å². The summed E-state index contributed by atoms with van der Waals surface area (Å²) in [5.74, 6) is 1.01. The first kappa shape index (κ1) is 12.2. The first-order chi connectivity index (χ1) is 8.85. The van der Waals surface area contributed by atoms with E-state index in [0.717, 1.165) is 12.5 Å². The molecule has 0 radical (unpaired) electrons. The van der Waals surface area contributed by atoms with Gasteiger partial charge in [-0.3, -0.25) is 0 Å². The molecule has 1 aromatic rings. The standard InChI is InChI=1S/C17H25N/c1-2-18-16(13-14-9-10-14)17(11-6-12-17)15-7-4-3-5-8-15/h3-5,7-8,14,16,18H,2,6,9-13H2,1H3. The summed E-state index contributed by atoms with van der Waals surface area (Å²) < 4.78 is 0. The van der Waals surface area contributed by atoms with E-state index in [2.05, 4.69) is 42.6 Å². The average molecular weight is 243 g/mol. The molecule has 1 heteroatoms. The minimum atomic E-state index is 0.444. The molecule has 98 valence electrons. The first-order valence-electron chi connectivity index (χ1n) is 7.64. The van der Waals surface area contributed by atoms with Crippen LogP contribution in [0, 0.1) is 5.92 Å². The maximum Gasteiger partial charge on any atom is 0.0166 e. The van der Waals surface area contributed by atoms with Crippen LogP contribution in [0.1, 0.15) is 51.0 Å². The maximum absolute atomic E-state index is 3.80. The number of benzene rings is 1. The predicted molar refractivity (Wildman–Crippen MR) is 76.8 cm³/mol. The zero-order valence-corrected chi connectivity index (χ0v) is 11.5. The van der Waals surface area contributed by atoms with Gasteiger partial charge in [0.25, 0.3) is 0 Å². The fraction of sp³-hybridized carbons (Fsp3) is 0.647. The van der Waals surface area contributed by atoms with Gasteiger partial charge in [-0.1, -0.05) is 56.5 Å².